The molecule has 1 aromatic carbocycles. The lowest BCUT2D eigenvalue weighted by Gasteiger charge is -2.05. The average Bonchev–Trinajstić information content (AvgIpc) is 3.20. The second-order valence-electron chi connectivity index (χ2n) is 6.14. The van der Waals surface area contributed by atoms with Crippen molar-refractivity contribution in [2.45, 2.75) is 31.6 Å². The largest absolute Gasteiger partial charge is 0.302 e. The Morgan fingerprint density at radius 3 is 2.71 bits per heavy atom. The number of benzene rings is 1. The number of nitrogens with zero attached hydrogens (tertiary/aromatic N) is 1. The molecule has 0 aliphatic heterocycles. The molecule has 1 amide bonds. The van der Waals surface area contributed by atoms with E-state index in [1.807, 2.05) is 0 Å². The van der Waals surface area contributed by atoms with Gasteiger partial charge in [-0.1, -0.05) is 17.4 Å². The van der Waals surface area contributed by atoms with Gasteiger partial charge in [0.1, 0.15) is 11.6 Å². The average molecular weight is 348 g/mol. The van der Waals surface area contributed by atoms with E-state index in [0.717, 1.165) is 18.5 Å². The van der Waals surface area contributed by atoms with Gasteiger partial charge in [0.2, 0.25) is 5.91 Å². The Morgan fingerprint density at radius 1 is 1.25 bits per heavy atom. The van der Waals surface area contributed by atoms with Crippen LogP contribution in [0.3, 0.4) is 0 Å². The van der Waals surface area contributed by atoms with Gasteiger partial charge < -0.3 is 5.32 Å². The molecule has 7 heteroatoms. The van der Waals surface area contributed by atoms with E-state index in [4.69, 9.17) is 0 Å². The summed E-state index contributed by atoms with van der Waals surface area (Å²) in [6, 6.07) is 3.71. The van der Waals surface area contributed by atoms with Crippen molar-refractivity contribution < 1.29 is 18.4 Å². The maximum absolute atomic E-state index is 13.8. The first-order chi connectivity index (χ1) is 11.5. The number of amides is 1. The van der Waals surface area contributed by atoms with Crippen molar-refractivity contribution in [1.82, 2.24) is 4.98 Å². The summed E-state index contributed by atoms with van der Waals surface area (Å²) in [6.45, 7) is 0. The fraction of sp³-hybridized carbons (Fsp3) is 0.353. The van der Waals surface area contributed by atoms with E-state index in [1.54, 1.807) is 0 Å². The summed E-state index contributed by atoms with van der Waals surface area (Å²) in [6.07, 6.45) is 2.44. The molecule has 4 rings (SSSR count). The van der Waals surface area contributed by atoms with Crippen LogP contribution in [0.1, 0.15) is 46.1 Å². The third-order valence-electron chi connectivity index (χ3n) is 4.50. The number of carbonyl (C=O) groups excluding carboxylic acids is 2. The summed E-state index contributed by atoms with van der Waals surface area (Å²) < 4.78 is 27.6. The van der Waals surface area contributed by atoms with E-state index in [0.29, 0.717) is 22.9 Å². The Morgan fingerprint density at radius 2 is 2.00 bits per heavy atom. The number of anilines is 1. The minimum atomic E-state index is -0.620. The van der Waals surface area contributed by atoms with E-state index >= 15 is 0 Å². The Balaban J connectivity index is 1.48. The molecule has 2 atom stereocenters. The van der Waals surface area contributed by atoms with Crippen LogP contribution in [-0.4, -0.2) is 16.7 Å². The predicted octanol–water partition coefficient (Wildman–Crippen LogP) is 3.68. The van der Waals surface area contributed by atoms with Crippen LogP contribution >= 0.6 is 11.3 Å². The minimum absolute atomic E-state index is 0.0220. The number of carbonyl (C=O) groups is 2. The lowest BCUT2D eigenvalue weighted by Crippen LogP contribution is -2.15. The number of aromatic nitrogens is 1. The third-order valence-corrected chi connectivity index (χ3v) is 5.55. The number of rotatable bonds is 3. The molecular formula is C17H14F2N2O2S. The number of fused-ring (bicyclic) bond motifs is 1. The molecule has 0 radical (unpaired) electrons. The van der Waals surface area contributed by atoms with E-state index in [1.165, 1.54) is 29.5 Å². The Kier molecular flexibility index (Phi) is 3.68. The standard InChI is InChI=1S/C17H14F2N2O2S/c18-10-3-1-4-11(19)14(10)8-7-9(8)16(23)21-17-20-12-5-2-6-13(22)15(12)24-17/h1,3-4,8-9H,2,5-7H2,(H,20,21,23). The highest BCUT2D eigenvalue weighted by atomic mass is 32.1. The van der Waals surface area contributed by atoms with Crippen molar-refractivity contribution in [3.8, 4) is 0 Å². The summed E-state index contributed by atoms with van der Waals surface area (Å²) in [5.41, 5.74) is 0.713. The van der Waals surface area contributed by atoms with Crippen LogP contribution in [0.5, 0.6) is 0 Å². The maximum Gasteiger partial charge on any atom is 0.229 e. The normalized spacial score (nSPS) is 22.2. The fourth-order valence-corrected chi connectivity index (χ4v) is 4.17. The highest BCUT2D eigenvalue weighted by Crippen LogP contribution is 2.49. The van der Waals surface area contributed by atoms with Crippen molar-refractivity contribution in [2.24, 2.45) is 5.92 Å². The maximum atomic E-state index is 13.8. The Bertz CT molecular complexity index is 829. The smallest absolute Gasteiger partial charge is 0.229 e. The number of nitrogens with one attached hydrogen (secondary N) is 1. The number of thiazole rings is 1. The number of aryl methyl sites for hydroxylation is 1. The quantitative estimate of drug-likeness (QED) is 0.920. The SMILES string of the molecule is O=C1CCCc2nc(NC(=O)C3CC3c3c(F)cccc3F)sc21. The van der Waals surface area contributed by atoms with Crippen LogP contribution in [0.4, 0.5) is 13.9 Å². The van der Waals surface area contributed by atoms with Crippen molar-refractivity contribution >= 4 is 28.2 Å². The van der Waals surface area contributed by atoms with E-state index in [-0.39, 0.29) is 17.3 Å². The highest BCUT2D eigenvalue weighted by Gasteiger charge is 2.46. The van der Waals surface area contributed by atoms with Crippen LogP contribution in [0.15, 0.2) is 18.2 Å². The first-order valence-corrected chi connectivity index (χ1v) is 8.64. The van der Waals surface area contributed by atoms with Gasteiger partial charge in [0.05, 0.1) is 10.6 Å². The predicted molar refractivity (Wildman–Crippen MR) is 85.2 cm³/mol. The fourth-order valence-electron chi connectivity index (χ4n) is 3.19. The molecular weight excluding hydrogens is 334 g/mol. The minimum Gasteiger partial charge on any atom is -0.302 e. The molecule has 124 valence electrons. The van der Waals surface area contributed by atoms with E-state index in [9.17, 15) is 18.4 Å². The molecule has 0 bridgehead atoms. The first kappa shape index (κ1) is 15.4. The molecule has 2 unspecified atom stereocenters. The monoisotopic (exact) mass is 348 g/mol. The number of ketones is 1. The molecule has 2 aromatic rings. The van der Waals surface area contributed by atoms with E-state index < -0.39 is 23.5 Å². The Hall–Kier alpha value is -2.15. The van der Waals surface area contributed by atoms with Gasteiger partial charge in [0.25, 0.3) is 0 Å². The van der Waals surface area contributed by atoms with Gasteiger partial charge in [-0.05, 0) is 31.4 Å². The zero-order valence-electron chi connectivity index (χ0n) is 12.6. The van der Waals surface area contributed by atoms with Crippen molar-refractivity contribution in [1.29, 1.82) is 0 Å². The summed E-state index contributed by atoms with van der Waals surface area (Å²) in [4.78, 5) is 29.0. The molecule has 0 saturated heterocycles. The second kappa shape index (κ2) is 5.73. The lowest BCUT2D eigenvalue weighted by atomic mass is 10.0. The highest BCUT2D eigenvalue weighted by molar-refractivity contribution is 7.17. The number of Topliss-reactive ketones (excluding diaryl/α,β-unsaturated/α-hetero) is 1. The van der Waals surface area contributed by atoms with Crippen LogP contribution in [0, 0.1) is 17.6 Å². The second-order valence-corrected chi connectivity index (χ2v) is 7.14. The molecule has 1 heterocycles. The van der Waals surface area contributed by atoms with Gasteiger partial charge in [-0.2, -0.15) is 0 Å². The van der Waals surface area contributed by atoms with Crippen LogP contribution in [0.25, 0.3) is 0 Å². The molecule has 1 aromatic heterocycles. The number of halogens is 2. The topological polar surface area (TPSA) is 59.1 Å². The van der Waals surface area contributed by atoms with Gasteiger partial charge in [-0.25, -0.2) is 13.8 Å². The summed E-state index contributed by atoms with van der Waals surface area (Å²) in [5, 5.41) is 3.08. The summed E-state index contributed by atoms with van der Waals surface area (Å²) in [5.74, 6) is -2.39. The molecule has 24 heavy (non-hydrogen) atoms. The van der Waals surface area contributed by atoms with Crippen LogP contribution in [0.2, 0.25) is 0 Å². The number of hydrogen-bond acceptors (Lipinski definition) is 4. The van der Waals surface area contributed by atoms with Crippen molar-refractivity contribution in [3.05, 3.63) is 46.0 Å². The lowest BCUT2D eigenvalue weighted by molar-refractivity contribution is -0.117. The first-order valence-electron chi connectivity index (χ1n) is 7.82. The molecule has 1 saturated carbocycles. The summed E-state index contributed by atoms with van der Waals surface area (Å²) in [7, 11) is 0. The molecule has 4 nitrogen and oxygen atoms in total. The van der Waals surface area contributed by atoms with E-state index in [2.05, 4.69) is 10.3 Å². The van der Waals surface area contributed by atoms with Crippen molar-refractivity contribution in [3.63, 3.8) is 0 Å². The Labute approximate surface area is 140 Å². The van der Waals surface area contributed by atoms with Crippen LogP contribution in [-0.2, 0) is 11.2 Å². The molecule has 2 aliphatic carbocycles. The number of hydrogen-bond donors (Lipinski definition) is 1. The molecule has 1 N–H and O–H groups in total. The van der Waals surface area contributed by atoms with Gasteiger partial charge in [0, 0.05) is 23.8 Å². The van der Waals surface area contributed by atoms with Gasteiger partial charge in [-0.15, -0.1) is 0 Å². The van der Waals surface area contributed by atoms with Crippen molar-refractivity contribution in [2.75, 3.05) is 5.32 Å². The zero-order valence-corrected chi connectivity index (χ0v) is 13.5. The summed E-state index contributed by atoms with van der Waals surface area (Å²) >= 11 is 1.18. The molecule has 1 fully saturated rings. The van der Waals surface area contributed by atoms with Gasteiger partial charge >= 0.3 is 0 Å². The molecule has 2 aliphatic rings. The van der Waals surface area contributed by atoms with Crippen LogP contribution < -0.4 is 5.32 Å². The van der Waals surface area contributed by atoms with Gasteiger partial charge in [0.15, 0.2) is 10.9 Å². The third kappa shape index (κ3) is 2.62. The zero-order chi connectivity index (χ0) is 16.8. The van der Waals surface area contributed by atoms with Gasteiger partial charge in [-0.3, -0.25) is 9.59 Å². The molecule has 0 spiro atoms.